The van der Waals surface area contributed by atoms with Crippen molar-refractivity contribution in [1.29, 1.82) is 0 Å². The molecule has 0 aliphatic rings. The Morgan fingerprint density at radius 2 is 2.17 bits per heavy atom. The Morgan fingerprint density at radius 3 is 2.17 bits per heavy atom. The van der Waals surface area contributed by atoms with Gasteiger partial charge in [0.25, 0.3) is 0 Å². The second kappa shape index (κ2) is 9.25. The van der Waals surface area contributed by atoms with Crippen LogP contribution in [0.2, 0.25) is 0 Å². The van der Waals surface area contributed by atoms with Gasteiger partial charge in [0.2, 0.25) is 0 Å². The Labute approximate surface area is 59.7 Å². The van der Waals surface area contributed by atoms with Gasteiger partial charge in [0.05, 0.1) is 0 Å². The quantitative estimate of drug-likeness (QED) is 0.271. The molecule has 0 bridgehead atoms. The summed E-state index contributed by atoms with van der Waals surface area (Å²) in [5.41, 5.74) is 0. The lowest BCUT2D eigenvalue weighted by Gasteiger charge is -1.63. The maximum Gasteiger partial charge on any atom is 0.316 e. The zero-order valence-electron chi connectivity index (χ0n) is 3.24. The Balaban J connectivity index is 0. The molecule has 0 aliphatic carbocycles. The first-order valence-electron chi connectivity index (χ1n) is 1.59. The van der Waals surface area contributed by atoms with Gasteiger partial charge in [-0.2, -0.15) is 0 Å². The molecule has 2 heteroatoms. The summed E-state index contributed by atoms with van der Waals surface area (Å²) in [6.45, 7) is 1.95. The molecule has 0 rings (SSSR count). The Hall–Kier alpha value is 0.796. The van der Waals surface area contributed by atoms with Gasteiger partial charge in [-0.25, -0.2) is 0 Å². The van der Waals surface area contributed by atoms with E-state index in [1.807, 2.05) is 19.1 Å². The van der Waals surface area contributed by atoms with E-state index in [4.69, 9.17) is 11.6 Å². The molecule has 0 heterocycles. The average Bonchev–Trinajstić information content (AvgIpc) is 1.41. The molecule has 0 atom stereocenters. The standard InChI is InChI=1S/C4H7Cl.Mg.2H/c1-2-3-4-5;;;/h2-3H,4H2,1H3;;;/b3-2+;;;. The van der Waals surface area contributed by atoms with Gasteiger partial charge in [-0.3, -0.25) is 0 Å². The van der Waals surface area contributed by atoms with Gasteiger partial charge in [-0.05, 0) is 6.92 Å². The van der Waals surface area contributed by atoms with Crippen molar-refractivity contribution in [3.8, 4) is 0 Å². The lowest BCUT2D eigenvalue weighted by Crippen LogP contribution is -1.50. The molecular weight excluding hydrogens is 108 g/mol. The normalized spacial score (nSPS) is 8.33. The highest BCUT2D eigenvalue weighted by Crippen LogP contribution is 1.73. The van der Waals surface area contributed by atoms with Gasteiger partial charge in [0, 0.05) is 5.88 Å². The van der Waals surface area contributed by atoms with Crippen molar-refractivity contribution in [3.63, 3.8) is 0 Å². The lowest BCUT2D eigenvalue weighted by molar-refractivity contribution is 1.65. The minimum atomic E-state index is 0. The summed E-state index contributed by atoms with van der Waals surface area (Å²) in [7, 11) is 0. The number of rotatable bonds is 1. The van der Waals surface area contributed by atoms with E-state index >= 15 is 0 Å². The van der Waals surface area contributed by atoms with E-state index in [0.717, 1.165) is 0 Å². The van der Waals surface area contributed by atoms with Crippen LogP contribution >= 0.6 is 11.6 Å². The first-order chi connectivity index (χ1) is 2.41. The van der Waals surface area contributed by atoms with E-state index < -0.39 is 0 Å². The average molecular weight is 117 g/mol. The molecule has 0 unspecified atom stereocenters. The summed E-state index contributed by atoms with van der Waals surface area (Å²) in [4.78, 5) is 0. The molecule has 0 fully saturated rings. The third kappa shape index (κ3) is 8.84. The van der Waals surface area contributed by atoms with Crippen LogP contribution < -0.4 is 0 Å². The molecule has 0 saturated heterocycles. The topological polar surface area (TPSA) is 0 Å². The number of halogens is 1. The molecule has 0 aromatic rings. The first-order valence-corrected chi connectivity index (χ1v) is 2.12. The molecule has 0 aliphatic heterocycles. The largest absolute Gasteiger partial charge is 0.316 e. The maximum atomic E-state index is 5.21. The monoisotopic (exact) mass is 116 g/mol. The zero-order valence-corrected chi connectivity index (χ0v) is 4.00. The Bertz CT molecular complexity index is 34.5. The van der Waals surface area contributed by atoms with Crippen LogP contribution in [-0.4, -0.2) is 28.9 Å². The van der Waals surface area contributed by atoms with E-state index in [0.29, 0.717) is 5.88 Å². The van der Waals surface area contributed by atoms with Gasteiger partial charge < -0.3 is 0 Å². The van der Waals surface area contributed by atoms with Crippen LogP contribution in [0.1, 0.15) is 6.92 Å². The molecule has 34 valence electrons. The molecule has 0 radical (unpaired) electrons. The molecule has 6 heavy (non-hydrogen) atoms. The first kappa shape index (κ1) is 9.93. The van der Waals surface area contributed by atoms with Crippen LogP contribution in [0.4, 0.5) is 0 Å². The molecule has 0 aromatic heterocycles. The second-order valence-electron chi connectivity index (χ2n) is 0.723. The predicted octanol–water partition coefficient (Wildman–Crippen LogP) is 0.885. The highest BCUT2D eigenvalue weighted by atomic mass is 35.5. The molecular formula is C4H9ClMg. The second-order valence-corrected chi connectivity index (χ2v) is 1.03. The minimum Gasteiger partial charge on any atom is -0.122 e. The van der Waals surface area contributed by atoms with Crippen molar-refractivity contribution >= 4 is 34.7 Å². The number of hydrogen-bond donors (Lipinski definition) is 0. The highest BCUT2D eigenvalue weighted by molar-refractivity contribution is 6.18. The molecule has 0 aromatic carbocycles. The van der Waals surface area contributed by atoms with Crippen LogP contribution in [-0.2, 0) is 0 Å². The SMILES string of the molecule is C/C=C/CCl.[MgH2]. The van der Waals surface area contributed by atoms with Crippen LogP contribution in [0.15, 0.2) is 12.2 Å². The van der Waals surface area contributed by atoms with Gasteiger partial charge in [0.15, 0.2) is 0 Å². The molecule has 0 saturated carbocycles. The fourth-order valence-electron chi connectivity index (χ4n) is 0.0891. The number of allylic oxidation sites excluding steroid dienone is 2. The van der Waals surface area contributed by atoms with E-state index in [2.05, 4.69) is 0 Å². The van der Waals surface area contributed by atoms with Crippen LogP contribution in [0.3, 0.4) is 0 Å². The van der Waals surface area contributed by atoms with Gasteiger partial charge in [-0.15, -0.1) is 11.6 Å². The van der Waals surface area contributed by atoms with Gasteiger partial charge >= 0.3 is 23.1 Å². The number of hydrogen-bond acceptors (Lipinski definition) is 0. The fourth-order valence-corrected chi connectivity index (χ4v) is 0.267. The number of alkyl halides is 1. The smallest absolute Gasteiger partial charge is 0.122 e. The fraction of sp³-hybridized carbons (Fsp3) is 0.500. The van der Waals surface area contributed by atoms with E-state index in [1.54, 1.807) is 0 Å². The third-order valence-electron chi connectivity index (χ3n) is 0.325. The van der Waals surface area contributed by atoms with Crippen molar-refractivity contribution < 1.29 is 0 Å². The molecule has 0 amide bonds. The third-order valence-corrected chi connectivity index (χ3v) is 0.503. The van der Waals surface area contributed by atoms with Crippen molar-refractivity contribution in [2.75, 3.05) is 5.88 Å². The van der Waals surface area contributed by atoms with Crippen molar-refractivity contribution in [3.05, 3.63) is 12.2 Å². The summed E-state index contributed by atoms with van der Waals surface area (Å²) in [6, 6.07) is 0. The van der Waals surface area contributed by atoms with E-state index in [1.165, 1.54) is 0 Å². The van der Waals surface area contributed by atoms with Crippen molar-refractivity contribution in [2.24, 2.45) is 0 Å². The van der Waals surface area contributed by atoms with Crippen molar-refractivity contribution in [2.45, 2.75) is 6.92 Å². The van der Waals surface area contributed by atoms with Gasteiger partial charge in [0.1, 0.15) is 0 Å². The summed E-state index contributed by atoms with van der Waals surface area (Å²) in [5.74, 6) is 0.635. The summed E-state index contributed by atoms with van der Waals surface area (Å²) in [5, 5.41) is 0. The van der Waals surface area contributed by atoms with Gasteiger partial charge in [-0.1, -0.05) is 12.2 Å². The summed E-state index contributed by atoms with van der Waals surface area (Å²) in [6.07, 6.45) is 3.81. The molecule has 0 nitrogen and oxygen atoms in total. The zero-order chi connectivity index (χ0) is 4.12. The lowest BCUT2D eigenvalue weighted by atomic mass is 10.6. The van der Waals surface area contributed by atoms with Crippen LogP contribution in [0, 0.1) is 0 Å². The van der Waals surface area contributed by atoms with Crippen molar-refractivity contribution in [1.82, 2.24) is 0 Å². The van der Waals surface area contributed by atoms with Crippen LogP contribution in [0.5, 0.6) is 0 Å². The van der Waals surface area contributed by atoms with E-state index in [-0.39, 0.29) is 23.1 Å². The van der Waals surface area contributed by atoms with Crippen LogP contribution in [0.25, 0.3) is 0 Å². The predicted molar refractivity (Wildman–Crippen MR) is 34.1 cm³/mol. The Morgan fingerprint density at radius 1 is 1.67 bits per heavy atom. The summed E-state index contributed by atoms with van der Waals surface area (Å²) >= 11 is 5.21. The molecule has 0 spiro atoms. The molecule has 0 N–H and O–H groups in total. The van der Waals surface area contributed by atoms with E-state index in [9.17, 15) is 0 Å². The highest BCUT2D eigenvalue weighted by Gasteiger charge is 1.54. The maximum absolute atomic E-state index is 5.21. The summed E-state index contributed by atoms with van der Waals surface area (Å²) < 4.78 is 0. The Kier molecular flexibility index (Phi) is 15.3. The minimum absolute atomic E-state index is 0.